The fourth-order valence-corrected chi connectivity index (χ4v) is 4.71. The largest absolute Gasteiger partial charge is 0.398 e. The second-order valence-corrected chi connectivity index (χ2v) is 8.59. The fraction of sp³-hybridized carbons (Fsp3) is 0.600. The van der Waals surface area contributed by atoms with Gasteiger partial charge in [0, 0.05) is 23.2 Å². The van der Waals surface area contributed by atoms with Gasteiger partial charge < -0.3 is 5.73 Å². The lowest BCUT2D eigenvalue weighted by atomic mass is 9.75. The van der Waals surface area contributed by atoms with Gasteiger partial charge in [0.15, 0.2) is 0 Å². The topological polar surface area (TPSA) is 63.4 Å². The van der Waals surface area contributed by atoms with E-state index in [0.717, 1.165) is 30.2 Å². The van der Waals surface area contributed by atoms with Crippen LogP contribution in [0.25, 0.3) is 0 Å². The van der Waals surface area contributed by atoms with Crippen molar-refractivity contribution in [2.75, 3.05) is 18.8 Å². The van der Waals surface area contributed by atoms with Crippen molar-refractivity contribution in [2.24, 2.45) is 5.41 Å². The zero-order valence-corrected chi connectivity index (χ0v) is 15.0. The van der Waals surface area contributed by atoms with E-state index >= 15 is 0 Å². The Hall–Kier alpha value is -0.590. The molecule has 1 heterocycles. The molecule has 0 amide bonds. The number of anilines is 1. The fourth-order valence-electron chi connectivity index (χ4n) is 2.99. The van der Waals surface area contributed by atoms with Crippen molar-refractivity contribution in [2.45, 2.75) is 44.4 Å². The Morgan fingerprint density at radius 2 is 1.81 bits per heavy atom. The molecule has 1 aromatic rings. The first kappa shape index (κ1) is 16.8. The molecule has 118 valence electrons. The molecule has 1 fully saturated rings. The summed E-state index contributed by atoms with van der Waals surface area (Å²) in [4.78, 5) is 0.281. The van der Waals surface area contributed by atoms with Gasteiger partial charge in [0.05, 0.1) is 4.90 Å². The van der Waals surface area contributed by atoms with Gasteiger partial charge in [-0.15, -0.1) is 0 Å². The molecule has 1 aliphatic rings. The van der Waals surface area contributed by atoms with Crippen LogP contribution in [0.3, 0.4) is 0 Å². The lowest BCUT2D eigenvalue weighted by Gasteiger charge is -2.40. The van der Waals surface area contributed by atoms with Crippen molar-refractivity contribution >= 4 is 31.6 Å². The number of hydrogen-bond donors (Lipinski definition) is 1. The van der Waals surface area contributed by atoms with E-state index in [4.69, 9.17) is 5.73 Å². The molecule has 4 nitrogen and oxygen atoms in total. The normalized spacial score (nSPS) is 19.6. The van der Waals surface area contributed by atoms with Gasteiger partial charge in [0.1, 0.15) is 0 Å². The first-order valence-electron chi connectivity index (χ1n) is 7.40. The van der Waals surface area contributed by atoms with Crippen molar-refractivity contribution < 1.29 is 8.42 Å². The zero-order valence-electron chi connectivity index (χ0n) is 12.6. The van der Waals surface area contributed by atoms with Crippen molar-refractivity contribution in [1.29, 1.82) is 0 Å². The van der Waals surface area contributed by atoms with Crippen molar-refractivity contribution in [3.8, 4) is 0 Å². The maximum Gasteiger partial charge on any atom is 0.243 e. The molecule has 0 bridgehead atoms. The highest BCUT2D eigenvalue weighted by atomic mass is 79.9. The maximum absolute atomic E-state index is 12.7. The standard InChI is InChI=1S/C15H23BrN2O2S/c1-3-15(4-2)7-9-18(10-8-15)21(19,20)12-5-6-13(16)14(17)11-12/h5-6,11H,3-4,7-10,17H2,1-2H3. The molecular weight excluding hydrogens is 352 g/mol. The Labute approximate surface area is 135 Å². The van der Waals surface area contributed by atoms with Gasteiger partial charge in [-0.05, 0) is 52.4 Å². The van der Waals surface area contributed by atoms with E-state index in [1.807, 2.05) is 0 Å². The highest BCUT2D eigenvalue weighted by Crippen LogP contribution is 2.39. The Morgan fingerprint density at radius 1 is 1.24 bits per heavy atom. The van der Waals surface area contributed by atoms with E-state index in [-0.39, 0.29) is 4.90 Å². The molecule has 1 saturated heterocycles. The molecule has 0 spiro atoms. The summed E-state index contributed by atoms with van der Waals surface area (Å²) in [6, 6.07) is 4.83. The first-order valence-corrected chi connectivity index (χ1v) is 9.63. The summed E-state index contributed by atoms with van der Waals surface area (Å²) in [6.07, 6.45) is 4.10. The molecule has 6 heteroatoms. The van der Waals surface area contributed by atoms with Crippen LogP contribution in [0.5, 0.6) is 0 Å². The van der Waals surface area contributed by atoms with Gasteiger partial charge in [-0.25, -0.2) is 8.42 Å². The van der Waals surface area contributed by atoms with Crippen LogP contribution < -0.4 is 5.73 Å². The van der Waals surface area contributed by atoms with E-state index in [1.165, 1.54) is 6.07 Å². The number of nitrogens with zero attached hydrogens (tertiary/aromatic N) is 1. The van der Waals surface area contributed by atoms with Gasteiger partial charge >= 0.3 is 0 Å². The summed E-state index contributed by atoms with van der Waals surface area (Å²) in [5.74, 6) is 0. The molecular formula is C15H23BrN2O2S. The molecule has 21 heavy (non-hydrogen) atoms. The van der Waals surface area contributed by atoms with Crippen molar-refractivity contribution in [3.63, 3.8) is 0 Å². The monoisotopic (exact) mass is 374 g/mol. The van der Waals surface area contributed by atoms with Crippen LogP contribution >= 0.6 is 15.9 Å². The van der Waals surface area contributed by atoms with Crippen LogP contribution in [-0.4, -0.2) is 25.8 Å². The van der Waals surface area contributed by atoms with Crippen LogP contribution in [0.15, 0.2) is 27.6 Å². The number of sulfonamides is 1. The SMILES string of the molecule is CCC1(CC)CCN(S(=O)(=O)c2ccc(Br)c(N)c2)CC1. The average Bonchev–Trinajstić information content (AvgIpc) is 2.50. The highest BCUT2D eigenvalue weighted by Gasteiger charge is 2.36. The predicted molar refractivity (Wildman–Crippen MR) is 89.6 cm³/mol. The minimum Gasteiger partial charge on any atom is -0.398 e. The molecule has 1 aromatic carbocycles. The number of halogens is 1. The first-order chi connectivity index (χ1) is 9.84. The van der Waals surface area contributed by atoms with E-state index in [2.05, 4.69) is 29.8 Å². The zero-order chi connectivity index (χ0) is 15.7. The highest BCUT2D eigenvalue weighted by molar-refractivity contribution is 9.10. The second-order valence-electron chi connectivity index (χ2n) is 5.79. The van der Waals surface area contributed by atoms with Gasteiger partial charge in [-0.2, -0.15) is 4.31 Å². The molecule has 2 N–H and O–H groups in total. The van der Waals surface area contributed by atoms with E-state index in [1.54, 1.807) is 16.4 Å². The van der Waals surface area contributed by atoms with Gasteiger partial charge in [0.25, 0.3) is 0 Å². The second kappa shape index (κ2) is 6.26. The van der Waals surface area contributed by atoms with Crippen LogP contribution in [0.1, 0.15) is 39.5 Å². The number of benzene rings is 1. The van der Waals surface area contributed by atoms with Crippen LogP contribution in [-0.2, 0) is 10.0 Å². The minimum absolute atomic E-state index is 0.281. The van der Waals surface area contributed by atoms with Gasteiger partial charge in [0.2, 0.25) is 10.0 Å². The van der Waals surface area contributed by atoms with E-state index < -0.39 is 10.0 Å². The van der Waals surface area contributed by atoms with Crippen LogP contribution in [0, 0.1) is 5.41 Å². The number of hydrogen-bond acceptors (Lipinski definition) is 3. The smallest absolute Gasteiger partial charge is 0.243 e. The Morgan fingerprint density at radius 3 is 2.29 bits per heavy atom. The average molecular weight is 375 g/mol. The summed E-state index contributed by atoms with van der Waals surface area (Å²) in [7, 11) is -3.44. The van der Waals surface area contributed by atoms with Crippen LogP contribution in [0.4, 0.5) is 5.69 Å². The summed E-state index contributed by atoms with van der Waals surface area (Å²) in [5, 5.41) is 0. The number of rotatable bonds is 4. The molecule has 0 aromatic heterocycles. The lowest BCUT2D eigenvalue weighted by Crippen LogP contribution is -2.42. The van der Waals surface area contributed by atoms with Crippen LogP contribution in [0.2, 0.25) is 0 Å². The quantitative estimate of drug-likeness (QED) is 0.818. The molecule has 2 rings (SSSR count). The Bertz CT molecular complexity index is 602. The van der Waals surface area contributed by atoms with Gasteiger partial charge in [-0.1, -0.05) is 26.7 Å². The molecule has 1 aliphatic heterocycles. The van der Waals surface area contributed by atoms with E-state index in [0.29, 0.717) is 24.2 Å². The third-order valence-corrected chi connectivity index (χ3v) is 7.51. The third kappa shape index (κ3) is 3.27. The van der Waals surface area contributed by atoms with Gasteiger partial charge in [-0.3, -0.25) is 0 Å². The molecule has 0 radical (unpaired) electrons. The molecule has 0 saturated carbocycles. The minimum atomic E-state index is -3.44. The molecule has 0 unspecified atom stereocenters. The Kier molecular flexibility index (Phi) is 5.00. The summed E-state index contributed by atoms with van der Waals surface area (Å²) in [6.45, 7) is 5.59. The third-order valence-electron chi connectivity index (χ3n) is 4.89. The maximum atomic E-state index is 12.7. The molecule has 0 atom stereocenters. The van der Waals surface area contributed by atoms with Crippen molar-refractivity contribution in [1.82, 2.24) is 4.31 Å². The summed E-state index contributed by atoms with van der Waals surface area (Å²) >= 11 is 3.29. The summed E-state index contributed by atoms with van der Waals surface area (Å²) < 4.78 is 27.7. The summed E-state index contributed by atoms with van der Waals surface area (Å²) in [5.41, 5.74) is 6.56. The van der Waals surface area contributed by atoms with Crippen molar-refractivity contribution in [3.05, 3.63) is 22.7 Å². The van der Waals surface area contributed by atoms with E-state index in [9.17, 15) is 8.42 Å². The number of nitrogen functional groups attached to an aromatic ring is 1. The number of piperidine rings is 1. The predicted octanol–water partition coefficient (Wildman–Crippen LogP) is 3.62. The lowest BCUT2D eigenvalue weighted by molar-refractivity contribution is 0.141. The Balaban J connectivity index is 2.20. The molecule has 0 aliphatic carbocycles. The number of nitrogens with two attached hydrogens (primary N) is 1.